The largest absolute Gasteiger partial charge is 0.395 e. The smallest absolute Gasteiger partial charge is 0.243 e. The van der Waals surface area contributed by atoms with E-state index in [-0.39, 0.29) is 55.4 Å². The zero-order valence-electron chi connectivity index (χ0n) is 28.8. The number of alkyl halides is 2. The highest BCUT2D eigenvalue weighted by atomic mass is 35.5. The second-order valence-corrected chi connectivity index (χ2v) is 17.4. The molecule has 52 heavy (non-hydrogen) atoms. The standard InChI is InChI=1S/C19H22Cl2N2O2S.C19H24N2O4S/c20-11-17-14-22(26(24,25)19-9-5-2-6-10-19)15-18(12-21)23(17)13-16-7-3-1-4-8-16;22-14-17-12-20(26(24,25)19-9-5-2-6-10-19)13-18(15-23)21(17)11-16-7-3-1-4-8-16/h1-10,17-18H,11-15H2;1-10,17-18,22-23H,11-15H2/t2*17-,18+. The monoisotopic (exact) mass is 788 g/mol. The van der Waals surface area contributed by atoms with Gasteiger partial charge >= 0.3 is 0 Å². The van der Waals surface area contributed by atoms with Crippen molar-refractivity contribution in [3.63, 3.8) is 0 Å². The van der Waals surface area contributed by atoms with Crippen molar-refractivity contribution < 1.29 is 27.0 Å². The van der Waals surface area contributed by atoms with Crippen LogP contribution in [0, 0.1) is 0 Å². The third-order valence-corrected chi connectivity index (χ3v) is 13.9. The molecule has 2 heterocycles. The molecule has 0 radical (unpaired) electrons. The second kappa shape index (κ2) is 18.9. The van der Waals surface area contributed by atoms with E-state index in [1.807, 2.05) is 53.4 Å². The van der Waals surface area contributed by atoms with Crippen molar-refractivity contribution in [2.75, 3.05) is 51.2 Å². The first-order valence-corrected chi connectivity index (χ1v) is 21.1. The molecule has 4 aromatic rings. The lowest BCUT2D eigenvalue weighted by Crippen LogP contribution is -2.61. The molecule has 0 amide bonds. The van der Waals surface area contributed by atoms with Gasteiger partial charge in [0.1, 0.15) is 0 Å². The molecule has 0 saturated carbocycles. The van der Waals surface area contributed by atoms with Crippen LogP contribution in [0.1, 0.15) is 11.1 Å². The molecule has 2 aliphatic rings. The van der Waals surface area contributed by atoms with E-state index < -0.39 is 20.0 Å². The molecule has 0 spiro atoms. The van der Waals surface area contributed by atoms with Gasteiger partial charge < -0.3 is 10.2 Å². The Morgan fingerprint density at radius 2 is 0.769 bits per heavy atom. The maximum Gasteiger partial charge on any atom is 0.243 e. The molecule has 10 nitrogen and oxygen atoms in total. The zero-order chi connectivity index (χ0) is 37.1. The first kappa shape index (κ1) is 40.3. The summed E-state index contributed by atoms with van der Waals surface area (Å²) in [5.41, 5.74) is 2.22. The maximum atomic E-state index is 13.0. The number of halogens is 2. The van der Waals surface area contributed by atoms with Crippen molar-refractivity contribution in [3.05, 3.63) is 132 Å². The topological polar surface area (TPSA) is 122 Å². The van der Waals surface area contributed by atoms with Gasteiger partial charge in [-0.2, -0.15) is 8.61 Å². The van der Waals surface area contributed by atoms with Gasteiger partial charge in [0.25, 0.3) is 0 Å². The lowest BCUT2D eigenvalue weighted by Gasteiger charge is -2.45. The summed E-state index contributed by atoms with van der Waals surface area (Å²) >= 11 is 12.4. The highest BCUT2D eigenvalue weighted by Gasteiger charge is 2.40. The number of hydrogen-bond acceptors (Lipinski definition) is 8. The van der Waals surface area contributed by atoms with E-state index in [9.17, 15) is 27.0 Å². The van der Waals surface area contributed by atoms with Gasteiger partial charge in [-0.05, 0) is 35.4 Å². The minimum absolute atomic E-state index is 0.0899. The van der Waals surface area contributed by atoms with Crippen molar-refractivity contribution in [1.82, 2.24) is 18.4 Å². The third kappa shape index (κ3) is 9.80. The normalized spacial score (nSPS) is 22.4. The molecule has 0 aromatic heterocycles. The number of hydrogen-bond donors (Lipinski definition) is 2. The summed E-state index contributed by atoms with van der Waals surface area (Å²) in [5, 5.41) is 19.7. The van der Waals surface area contributed by atoms with Crippen LogP contribution in [-0.2, 0) is 33.1 Å². The van der Waals surface area contributed by atoms with Crippen LogP contribution in [0.15, 0.2) is 131 Å². The number of nitrogens with zero attached hydrogens (tertiary/aromatic N) is 4. The summed E-state index contributed by atoms with van der Waals surface area (Å²) < 4.78 is 54.7. The maximum absolute atomic E-state index is 13.0. The van der Waals surface area contributed by atoms with Gasteiger partial charge in [-0.1, -0.05) is 97.1 Å². The summed E-state index contributed by atoms with van der Waals surface area (Å²) in [6.07, 6.45) is 0. The van der Waals surface area contributed by atoms with Gasteiger partial charge in [-0.25, -0.2) is 16.8 Å². The summed E-state index contributed by atoms with van der Waals surface area (Å²) in [4.78, 5) is 4.75. The van der Waals surface area contributed by atoms with Crippen molar-refractivity contribution in [2.45, 2.75) is 47.0 Å². The van der Waals surface area contributed by atoms with Crippen LogP contribution < -0.4 is 0 Å². The molecule has 2 fully saturated rings. The minimum Gasteiger partial charge on any atom is -0.395 e. The second-order valence-electron chi connectivity index (χ2n) is 12.9. The molecule has 2 N–H and O–H groups in total. The van der Waals surface area contributed by atoms with Crippen LogP contribution in [0.2, 0.25) is 0 Å². The SMILES string of the molecule is O=S(=O)(c1ccccc1)N1C[C@@H](CCl)N(Cc2ccccc2)[C@@H](CCl)C1.O=S(=O)(c1ccccc1)N1C[C@@H](CO)N(Cc2ccccc2)[C@@H](CO)C1. The Hall–Kier alpha value is -2.88. The van der Waals surface area contributed by atoms with Crippen LogP contribution >= 0.6 is 23.2 Å². The van der Waals surface area contributed by atoms with Crippen molar-refractivity contribution >= 4 is 43.2 Å². The van der Waals surface area contributed by atoms with E-state index in [1.54, 1.807) is 60.7 Å². The summed E-state index contributed by atoms with van der Waals surface area (Å²) in [5.74, 6) is 0.696. The molecule has 280 valence electrons. The average molecular weight is 790 g/mol. The van der Waals surface area contributed by atoms with E-state index in [0.29, 0.717) is 42.8 Å². The van der Waals surface area contributed by atoms with Crippen LogP contribution in [0.25, 0.3) is 0 Å². The Balaban J connectivity index is 0.000000201. The van der Waals surface area contributed by atoms with E-state index in [1.165, 1.54) is 8.61 Å². The van der Waals surface area contributed by atoms with Gasteiger partial charge in [-0.15, -0.1) is 23.2 Å². The molecule has 2 aliphatic heterocycles. The van der Waals surface area contributed by atoms with Crippen LogP contribution in [0.3, 0.4) is 0 Å². The molecule has 0 unspecified atom stereocenters. The fourth-order valence-electron chi connectivity index (χ4n) is 6.69. The molecule has 14 heteroatoms. The Bertz CT molecular complexity index is 1720. The summed E-state index contributed by atoms with van der Waals surface area (Å²) in [6, 6.07) is 35.7. The van der Waals surface area contributed by atoms with Gasteiger partial charge in [-0.3, -0.25) is 9.80 Å². The number of aliphatic hydroxyl groups excluding tert-OH is 2. The molecular formula is C38H46Cl2N4O6S2. The fraction of sp³-hybridized carbons (Fsp3) is 0.368. The summed E-state index contributed by atoms with van der Waals surface area (Å²) in [6.45, 7) is 2.01. The van der Waals surface area contributed by atoms with Gasteiger partial charge in [0.15, 0.2) is 0 Å². The first-order chi connectivity index (χ1) is 25.1. The highest BCUT2D eigenvalue weighted by molar-refractivity contribution is 7.89. The quantitative estimate of drug-likeness (QED) is 0.204. The van der Waals surface area contributed by atoms with E-state index in [4.69, 9.17) is 23.2 Å². The number of rotatable bonds is 12. The predicted molar refractivity (Wildman–Crippen MR) is 205 cm³/mol. The van der Waals surface area contributed by atoms with Crippen LogP contribution in [0.4, 0.5) is 0 Å². The van der Waals surface area contributed by atoms with E-state index in [0.717, 1.165) is 11.1 Å². The molecule has 4 atom stereocenters. The van der Waals surface area contributed by atoms with E-state index in [2.05, 4.69) is 17.0 Å². The van der Waals surface area contributed by atoms with Crippen molar-refractivity contribution in [2.24, 2.45) is 0 Å². The minimum atomic E-state index is -3.66. The number of sulfonamides is 2. The van der Waals surface area contributed by atoms with Crippen molar-refractivity contribution in [3.8, 4) is 0 Å². The predicted octanol–water partition coefficient (Wildman–Crippen LogP) is 4.32. The zero-order valence-corrected chi connectivity index (χ0v) is 32.0. The lowest BCUT2D eigenvalue weighted by molar-refractivity contribution is -0.00285. The highest BCUT2D eigenvalue weighted by Crippen LogP contribution is 2.27. The Morgan fingerprint density at radius 3 is 1.08 bits per heavy atom. The number of piperazine rings is 2. The van der Waals surface area contributed by atoms with Crippen LogP contribution in [-0.4, -0.2) is 121 Å². The first-order valence-electron chi connectivity index (χ1n) is 17.2. The van der Waals surface area contributed by atoms with Gasteiger partial charge in [0.2, 0.25) is 20.0 Å². The van der Waals surface area contributed by atoms with Crippen molar-refractivity contribution in [1.29, 1.82) is 0 Å². The fourth-order valence-corrected chi connectivity index (χ4v) is 10.3. The lowest BCUT2D eigenvalue weighted by atomic mass is 10.1. The third-order valence-electron chi connectivity index (χ3n) is 9.49. The number of aliphatic hydroxyl groups is 2. The average Bonchev–Trinajstić information content (AvgIpc) is 3.19. The van der Waals surface area contributed by atoms with Gasteiger partial charge in [0, 0.05) is 75.2 Å². The summed E-state index contributed by atoms with van der Waals surface area (Å²) in [7, 11) is -7.21. The Morgan fingerprint density at radius 1 is 0.481 bits per heavy atom. The molecule has 2 saturated heterocycles. The molecular weight excluding hydrogens is 743 g/mol. The molecule has 0 bridgehead atoms. The van der Waals surface area contributed by atoms with Crippen LogP contribution in [0.5, 0.6) is 0 Å². The molecule has 6 rings (SSSR count). The number of benzene rings is 4. The molecule has 0 aliphatic carbocycles. The Kier molecular flexibility index (Phi) is 14.7. The van der Waals surface area contributed by atoms with E-state index >= 15 is 0 Å². The molecule has 4 aromatic carbocycles. The Labute approximate surface area is 317 Å². The van der Waals surface area contributed by atoms with Gasteiger partial charge in [0.05, 0.1) is 23.0 Å².